The van der Waals surface area contributed by atoms with E-state index in [-0.39, 0.29) is 0 Å². The fraction of sp³-hybridized carbons (Fsp3) is 0.200. The highest BCUT2D eigenvalue weighted by Crippen LogP contribution is 2.30. The third-order valence-electron chi connectivity index (χ3n) is 2.68. The van der Waals surface area contributed by atoms with Gasteiger partial charge in [-0.15, -0.1) is 0 Å². The molecule has 3 N–H and O–H groups in total. The Bertz CT molecular complexity index is 602. The minimum atomic E-state index is 0.570. The second-order valence-corrected chi connectivity index (χ2v) is 4.61. The summed E-state index contributed by atoms with van der Waals surface area (Å²) in [5, 5.41) is 3.82. The number of anilines is 3. The molecule has 0 radical (unpaired) electrons. The van der Waals surface area contributed by atoms with Gasteiger partial charge in [0, 0.05) is 35.3 Å². The van der Waals surface area contributed by atoms with Crippen LogP contribution in [0.2, 0.25) is 5.02 Å². The van der Waals surface area contributed by atoms with Crippen LogP contribution in [0, 0.1) is 0 Å². The van der Waals surface area contributed by atoms with E-state index in [1.54, 1.807) is 19.2 Å². The van der Waals surface area contributed by atoms with Crippen LogP contribution in [0.15, 0.2) is 36.4 Å². The Kier molecular flexibility index (Phi) is 4.58. The summed E-state index contributed by atoms with van der Waals surface area (Å²) in [6.07, 6.45) is 0. The molecule has 0 aliphatic heterocycles. The zero-order valence-electron chi connectivity index (χ0n) is 11.4. The van der Waals surface area contributed by atoms with Crippen LogP contribution in [0.1, 0.15) is 6.92 Å². The highest BCUT2D eigenvalue weighted by Gasteiger charge is 2.04. The molecule has 2 rings (SSSR count). The molecule has 0 aromatic heterocycles. The van der Waals surface area contributed by atoms with Gasteiger partial charge in [-0.3, -0.25) is 0 Å². The van der Waals surface area contributed by atoms with E-state index in [1.165, 1.54) is 0 Å². The van der Waals surface area contributed by atoms with Gasteiger partial charge in [0.15, 0.2) is 0 Å². The van der Waals surface area contributed by atoms with Gasteiger partial charge in [-0.1, -0.05) is 11.6 Å². The lowest BCUT2D eigenvalue weighted by atomic mass is 10.2. The Morgan fingerprint density at radius 2 is 1.95 bits per heavy atom. The number of rotatable bonds is 5. The zero-order chi connectivity index (χ0) is 14.5. The van der Waals surface area contributed by atoms with Crippen LogP contribution < -0.4 is 20.5 Å². The van der Waals surface area contributed by atoms with Crippen molar-refractivity contribution >= 4 is 28.7 Å². The first-order chi connectivity index (χ1) is 9.62. The van der Waals surface area contributed by atoms with Crippen LogP contribution in [-0.2, 0) is 0 Å². The molecule has 4 nitrogen and oxygen atoms in total. The van der Waals surface area contributed by atoms with E-state index < -0.39 is 0 Å². The topological polar surface area (TPSA) is 56.5 Å². The van der Waals surface area contributed by atoms with Crippen LogP contribution in [0.25, 0.3) is 0 Å². The molecule has 0 spiro atoms. The molecule has 2 aromatic rings. The number of nitrogens with two attached hydrogens (primary N) is 1. The van der Waals surface area contributed by atoms with Crippen molar-refractivity contribution in [2.24, 2.45) is 0 Å². The van der Waals surface area contributed by atoms with E-state index in [0.29, 0.717) is 23.1 Å². The summed E-state index contributed by atoms with van der Waals surface area (Å²) in [4.78, 5) is 0. The summed E-state index contributed by atoms with van der Waals surface area (Å²) in [6, 6.07) is 11.0. The Hall–Kier alpha value is -2.07. The maximum atomic E-state index is 6.00. The van der Waals surface area contributed by atoms with Crippen molar-refractivity contribution < 1.29 is 9.47 Å². The smallest absolute Gasteiger partial charge is 0.139 e. The maximum absolute atomic E-state index is 6.00. The normalized spacial score (nSPS) is 10.2. The second kappa shape index (κ2) is 6.39. The van der Waals surface area contributed by atoms with Crippen LogP contribution in [0.3, 0.4) is 0 Å². The minimum absolute atomic E-state index is 0.570. The van der Waals surface area contributed by atoms with Gasteiger partial charge in [0.1, 0.15) is 11.5 Å². The maximum Gasteiger partial charge on any atom is 0.139 e. The van der Waals surface area contributed by atoms with Crippen molar-refractivity contribution in [3.63, 3.8) is 0 Å². The molecular formula is C15H17ClN2O2. The van der Waals surface area contributed by atoms with E-state index >= 15 is 0 Å². The lowest BCUT2D eigenvalue weighted by Gasteiger charge is -2.12. The van der Waals surface area contributed by atoms with Gasteiger partial charge in [-0.2, -0.15) is 0 Å². The number of hydrogen-bond donors (Lipinski definition) is 2. The average molecular weight is 293 g/mol. The standard InChI is InChI=1S/C15H17ClN2O2/c1-3-20-13-7-10(17)6-12(8-13)18-11-4-5-14(16)15(9-11)19-2/h4-9,18H,3,17H2,1-2H3. The summed E-state index contributed by atoms with van der Waals surface area (Å²) in [6.45, 7) is 2.53. The van der Waals surface area contributed by atoms with E-state index in [9.17, 15) is 0 Å². The van der Waals surface area contributed by atoms with E-state index in [0.717, 1.165) is 17.1 Å². The molecule has 0 heterocycles. The molecule has 0 unspecified atom stereocenters. The summed E-state index contributed by atoms with van der Waals surface area (Å²) in [5.74, 6) is 1.35. The minimum Gasteiger partial charge on any atom is -0.495 e. The second-order valence-electron chi connectivity index (χ2n) is 4.20. The summed E-state index contributed by atoms with van der Waals surface area (Å²) < 4.78 is 10.7. The molecule has 0 saturated heterocycles. The Balaban J connectivity index is 2.25. The van der Waals surface area contributed by atoms with Gasteiger partial charge in [0.25, 0.3) is 0 Å². The van der Waals surface area contributed by atoms with Gasteiger partial charge < -0.3 is 20.5 Å². The predicted octanol–water partition coefficient (Wildman–Crippen LogP) is 4.07. The number of nitrogens with one attached hydrogen (secondary N) is 1. The Morgan fingerprint density at radius 1 is 1.15 bits per heavy atom. The monoisotopic (exact) mass is 292 g/mol. The molecule has 20 heavy (non-hydrogen) atoms. The van der Waals surface area contributed by atoms with Crippen LogP contribution in [-0.4, -0.2) is 13.7 Å². The van der Waals surface area contributed by atoms with Crippen molar-refractivity contribution in [2.45, 2.75) is 6.92 Å². The molecule has 0 aliphatic carbocycles. The van der Waals surface area contributed by atoms with Crippen molar-refractivity contribution in [2.75, 3.05) is 24.8 Å². The molecular weight excluding hydrogens is 276 g/mol. The predicted molar refractivity (Wildman–Crippen MR) is 83.3 cm³/mol. The highest BCUT2D eigenvalue weighted by molar-refractivity contribution is 6.32. The number of benzene rings is 2. The first-order valence-corrected chi connectivity index (χ1v) is 6.64. The molecule has 2 aromatic carbocycles. The molecule has 5 heteroatoms. The molecule has 106 valence electrons. The van der Waals surface area contributed by atoms with Crippen molar-refractivity contribution in [1.29, 1.82) is 0 Å². The van der Waals surface area contributed by atoms with E-state index in [1.807, 2.05) is 31.2 Å². The average Bonchev–Trinajstić information content (AvgIpc) is 2.40. The fourth-order valence-electron chi connectivity index (χ4n) is 1.85. The van der Waals surface area contributed by atoms with Gasteiger partial charge in [0.05, 0.1) is 18.7 Å². The summed E-state index contributed by atoms with van der Waals surface area (Å²) in [5.41, 5.74) is 8.20. The first kappa shape index (κ1) is 14.3. The van der Waals surface area contributed by atoms with Crippen molar-refractivity contribution in [3.8, 4) is 11.5 Å². The third kappa shape index (κ3) is 3.48. The molecule has 0 saturated carbocycles. The molecule has 0 amide bonds. The highest BCUT2D eigenvalue weighted by atomic mass is 35.5. The Morgan fingerprint density at radius 3 is 2.65 bits per heavy atom. The number of halogens is 1. The number of nitrogen functional groups attached to an aromatic ring is 1. The summed E-state index contributed by atoms with van der Waals surface area (Å²) in [7, 11) is 1.58. The molecule has 0 aliphatic rings. The van der Waals surface area contributed by atoms with Gasteiger partial charge >= 0.3 is 0 Å². The molecule has 0 bridgehead atoms. The SMILES string of the molecule is CCOc1cc(N)cc(Nc2ccc(Cl)c(OC)c2)c1. The first-order valence-electron chi connectivity index (χ1n) is 6.26. The van der Waals surface area contributed by atoms with Crippen LogP contribution >= 0.6 is 11.6 Å². The van der Waals surface area contributed by atoms with E-state index in [2.05, 4.69) is 5.32 Å². The number of methoxy groups -OCH3 is 1. The summed E-state index contributed by atoms with van der Waals surface area (Å²) >= 11 is 6.00. The zero-order valence-corrected chi connectivity index (χ0v) is 12.2. The van der Waals surface area contributed by atoms with Crippen LogP contribution in [0.5, 0.6) is 11.5 Å². The van der Waals surface area contributed by atoms with Gasteiger partial charge in [-0.05, 0) is 25.1 Å². The molecule has 0 fully saturated rings. The van der Waals surface area contributed by atoms with Crippen molar-refractivity contribution in [3.05, 3.63) is 41.4 Å². The lowest BCUT2D eigenvalue weighted by Crippen LogP contribution is -1.97. The van der Waals surface area contributed by atoms with E-state index in [4.69, 9.17) is 26.8 Å². The van der Waals surface area contributed by atoms with Crippen LogP contribution in [0.4, 0.5) is 17.1 Å². The Labute approximate surface area is 123 Å². The van der Waals surface area contributed by atoms with Gasteiger partial charge in [-0.25, -0.2) is 0 Å². The fourth-order valence-corrected chi connectivity index (χ4v) is 2.04. The number of ether oxygens (including phenoxy) is 2. The number of hydrogen-bond acceptors (Lipinski definition) is 4. The molecule has 0 atom stereocenters. The van der Waals surface area contributed by atoms with Gasteiger partial charge in [0.2, 0.25) is 0 Å². The third-order valence-corrected chi connectivity index (χ3v) is 2.99. The largest absolute Gasteiger partial charge is 0.495 e. The lowest BCUT2D eigenvalue weighted by molar-refractivity contribution is 0.340. The van der Waals surface area contributed by atoms with Crippen molar-refractivity contribution in [1.82, 2.24) is 0 Å². The quantitative estimate of drug-likeness (QED) is 0.816.